The van der Waals surface area contributed by atoms with E-state index in [-0.39, 0.29) is 0 Å². The second kappa shape index (κ2) is 6.38. The van der Waals surface area contributed by atoms with Crippen molar-refractivity contribution < 1.29 is 4.74 Å². The van der Waals surface area contributed by atoms with E-state index in [9.17, 15) is 0 Å². The molecule has 1 aliphatic carbocycles. The standard InChI is InChI=1S/C11H24N2O/c1-9-6-11(9)8-13-10(2)7-12-4-5-14-3/h9-13H,4-8H2,1-3H3. The molecular formula is C11H24N2O. The van der Waals surface area contributed by atoms with E-state index in [2.05, 4.69) is 24.5 Å². The van der Waals surface area contributed by atoms with Crippen LogP contribution in [0.2, 0.25) is 0 Å². The largest absolute Gasteiger partial charge is 0.383 e. The fourth-order valence-electron chi connectivity index (χ4n) is 1.60. The Hall–Kier alpha value is -0.120. The Labute approximate surface area is 87.6 Å². The van der Waals surface area contributed by atoms with Crippen LogP contribution in [0, 0.1) is 11.8 Å². The quantitative estimate of drug-likeness (QED) is 0.570. The zero-order valence-corrected chi connectivity index (χ0v) is 9.68. The van der Waals surface area contributed by atoms with Gasteiger partial charge in [-0.05, 0) is 31.7 Å². The summed E-state index contributed by atoms with van der Waals surface area (Å²) in [6.45, 7) is 8.52. The van der Waals surface area contributed by atoms with E-state index in [0.29, 0.717) is 6.04 Å². The predicted molar refractivity (Wildman–Crippen MR) is 59.5 cm³/mol. The summed E-state index contributed by atoms with van der Waals surface area (Å²) in [6.07, 6.45) is 1.41. The molecule has 3 nitrogen and oxygen atoms in total. The minimum Gasteiger partial charge on any atom is -0.383 e. The Morgan fingerprint density at radius 1 is 1.50 bits per heavy atom. The van der Waals surface area contributed by atoms with Crippen LogP contribution >= 0.6 is 0 Å². The molecule has 0 saturated heterocycles. The molecule has 1 fully saturated rings. The van der Waals surface area contributed by atoms with Crippen molar-refractivity contribution in [2.24, 2.45) is 11.8 Å². The summed E-state index contributed by atoms with van der Waals surface area (Å²) >= 11 is 0. The Morgan fingerprint density at radius 2 is 2.21 bits per heavy atom. The third kappa shape index (κ3) is 4.94. The second-order valence-electron chi connectivity index (χ2n) is 4.48. The summed E-state index contributed by atoms with van der Waals surface area (Å²) in [5, 5.41) is 6.90. The number of hydrogen-bond acceptors (Lipinski definition) is 3. The maximum Gasteiger partial charge on any atom is 0.0587 e. The van der Waals surface area contributed by atoms with E-state index in [1.807, 2.05) is 0 Å². The van der Waals surface area contributed by atoms with Crippen LogP contribution in [0.3, 0.4) is 0 Å². The molecule has 1 saturated carbocycles. The van der Waals surface area contributed by atoms with Crippen LogP contribution in [0.15, 0.2) is 0 Å². The van der Waals surface area contributed by atoms with Crippen molar-refractivity contribution in [3.63, 3.8) is 0 Å². The number of nitrogens with one attached hydrogen (secondary N) is 2. The SMILES string of the molecule is COCCNCC(C)NCC1CC1C. The molecule has 0 aromatic carbocycles. The smallest absolute Gasteiger partial charge is 0.0587 e. The first-order valence-corrected chi connectivity index (χ1v) is 5.67. The van der Waals surface area contributed by atoms with Gasteiger partial charge in [0, 0.05) is 26.2 Å². The molecule has 0 heterocycles. The molecule has 0 spiro atoms. The molecule has 0 amide bonds. The van der Waals surface area contributed by atoms with Crippen molar-refractivity contribution in [2.45, 2.75) is 26.3 Å². The summed E-state index contributed by atoms with van der Waals surface area (Å²) in [5.74, 6) is 1.90. The van der Waals surface area contributed by atoms with Crippen LogP contribution in [-0.4, -0.2) is 39.4 Å². The van der Waals surface area contributed by atoms with Gasteiger partial charge in [-0.15, -0.1) is 0 Å². The zero-order chi connectivity index (χ0) is 10.4. The van der Waals surface area contributed by atoms with E-state index < -0.39 is 0 Å². The number of rotatable bonds is 8. The average molecular weight is 200 g/mol. The minimum absolute atomic E-state index is 0.569. The molecule has 0 aromatic rings. The van der Waals surface area contributed by atoms with Gasteiger partial charge in [0.25, 0.3) is 0 Å². The maximum atomic E-state index is 4.96. The van der Waals surface area contributed by atoms with Crippen LogP contribution in [0.4, 0.5) is 0 Å². The first-order chi connectivity index (χ1) is 6.74. The molecule has 0 bridgehead atoms. The van der Waals surface area contributed by atoms with E-state index in [4.69, 9.17) is 4.74 Å². The van der Waals surface area contributed by atoms with Crippen molar-refractivity contribution in [3.8, 4) is 0 Å². The molecule has 1 aliphatic rings. The summed E-state index contributed by atoms with van der Waals surface area (Å²) in [7, 11) is 1.73. The fourth-order valence-corrected chi connectivity index (χ4v) is 1.60. The third-order valence-electron chi connectivity index (χ3n) is 2.94. The first-order valence-electron chi connectivity index (χ1n) is 5.67. The molecule has 1 rings (SSSR count). The molecule has 3 unspecified atom stereocenters. The van der Waals surface area contributed by atoms with Gasteiger partial charge in [-0.25, -0.2) is 0 Å². The first kappa shape index (κ1) is 12.0. The van der Waals surface area contributed by atoms with Gasteiger partial charge in [0.2, 0.25) is 0 Å². The highest BCUT2D eigenvalue weighted by molar-refractivity contribution is 4.84. The lowest BCUT2D eigenvalue weighted by Crippen LogP contribution is -2.38. The Balaban J connectivity index is 1.85. The Kier molecular flexibility index (Phi) is 5.45. The zero-order valence-electron chi connectivity index (χ0n) is 9.68. The highest BCUT2D eigenvalue weighted by atomic mass is 16.5. The summed E-state index contributed by atoms with van der Waals surface area (Å²) in [4.78, 5) is 0. The fraction of sp³-hybridized carbons (Fsp3) is 1.00. The molecule has 3 atom stereocenters. The lowest BCUT2D eigenvalue weighted by atomic mass is 10.3. The van der Waals surface area contributed by atoms with Gasteiger partial charge >= 0.3 is 0 Å². The topological polar surface area (TPSA) is 33.3 Å². The van der Waals surface area contributed by atoms with Crippen molar-refractivity contribution in [1.82, 2.24) is 10.6 Å². The van der Waals surface area contributed by atoms with E-state index in [0.717, 1.165) is 31.5 Å². The van der Waals surface area contributed by atoms with Crippen LogP contribution in [0.25, 0.3) is 0 Å². The van der Waals surface area contributed by atoms with Crippen molar-refractivity contribution in [3.05, 3.63) is 0 Å². The monoisotopic (exact) mass is 200 g/mol. The van der Waals surface area contributed by atoms with Crippen molar-refractivity contribution in [2.75, 3.05) is 33.4 Å². The van der Waals surface area contributed by atoms with Crippen molar-refractivity contribution in [1.29, 1.82) is 0 Å². The van der Waals surface area contributed by atoms with E-state index in [1.54, 1.807) is 7.11 Å². The summed E-state index contributed by atoms with van der Waals surface area (Å²) < 4.78 is 4.96. The molecule has 0 aliphatic heterocycles. The number of methoxy groups -OCH3 is 1. The minimum atomic E-state index is 0.569. The number of hydrogen-bond donors (Lipinski definition) is 2. The van der Waals surface area contributed by atoms with Gasteiger partial charge in [0.05, 0.1) is 6.61 Å². The van der Waals surface area contributed by atoms with Gasteiger partial charge in [-0.3, -0.25) is 0 Å². The predicted octanol–water partition coefficient (Wildman–Crippen LogP) is 0.856. The average Bonchev–Trinajstić information content (AvgIpc) is 2.86. The van der Waals surface area contributed by atoms with Crippen LogP contribution in [0.1, 0.15) is 20.3 Å². The normalized spacial score (nSPS) is 27.6. The molecule has 3 heteroatoms. The second-order valence-corrected chi connectivity index (χ2v) is 4.48. The lowest BCUT2D eigenvalue weighted by molar-refractivity contribution is 0.198. The summed E-state index contributed by atoms with van der Waals surface area (Å²) in [6, 6.07) is 0.569. The molecule has 14 heavy (non-hydrogen) atoms. The molecule has 2 N–H and O–H groups in total. The van der Waals surface area contributed by atoms with Crippen molar-refractivity contribution >= 4 is 0 Å². The Bertz CT molecular complexity index is 152. The van der Waals surface area contributed by atoms with Gasteiger partial charge in [0.1, 0.15) is 0 Å². The molecule has 0 aromatic heterocycles. The van der Waals surface area contributed by atoms with Crippen LogP contribution in [0.5, 0.6) is 0 Å². The van der Waals surface area contributed by atoms with E-state index >= 15 is 0 Å². The molecule has 84 valence electrons. The maximum absolute atomic E-state index is 4.96. The third-order valence-corrected chi connectivity index (χ3v) is 2.94. The van der Waals surface area contributed by atoms with E-state index in [1.165, 1.54) is 13.0 Å². The molecular weight excluding hydrogens is 176 g/mol. The van der Waals surface area contributed by atoms with Gasteiger partial charge < -0.3 is 15.4 Å². The van der Waals surface area contributed by atoms with Gasteiger partial charge in [0.15, 0.2) is 0 Å². The lowest BCUT2D eigenvalue weighted by Gasteiger charge is -2.14. The number of ether oxygens (including phenoxy) is 1. The highest BCUT2D eigenvalue weighted by Gasteiger charge is 2.31. The molecule has 0 radical (unpaired) electrons. The summed E-state index contributed by atoms with van der Waals surface area (Å²) in [5.41, 5.74) is 0. The van der Waals surface area contributed by atoms with Crippen LogP contribution < -0.4 is 10.6 Å². The van der Waals surface area contributed by atoms with Gasteiger partial charge in [-0.2, -0.15) is 0 Å². The van der Waals surface area contributed by atoms with Crippen LogP contribution in [-0.2, 0) is 4.74 Å². The van der Waals surface area contributed by atoms with Gasteiger partial charge in [-0.1, -0.05) is 6.92 Å². The highest BCUT2D eigenvalue weighted by Crippen LogP contribution is 2.36. The Morgan fingerprint density at radius 3 is 2.79 bits per heavy atom.